The molecule has 1 saturated carbocycles. The normalized spacial score (nSPS) is 24.1. The van der Waals surface area contributed by atoms with Crippen LogP contribution >= 0.6 is 0 Å². The van der Waals surface area contributed by atoms with Crippen molar-refractivity contribution in [1.82, 2.24) is 4.98 Å². The standard InChI is InChI=1S/C14H15F3N2O2/c15-14(16,17)9-2-5-18-11(6-9)19-7-10(12(20)21)13(8-19)3-1-4-13/h2,5-6,10H,1,3-4,7-8H2,(H,20,21). The monoisotopic (exact) mass is 300 g/mol. The molecule has 1 N–H and O–H groups in total. The molecule has 4 nitrogen and oxygen atoms in total. The Morgan fingerprint density at radius 2 is 2.14 bits per heavy atom. The van der Waals surface area contributed by atoms with Crippen LogP contribution in [-0.4, -0.2) is 29.1 Å². The van der Waals surface area contributed by atoms with E-state index in [2.05, 4.69) is 4.98 Å². The van der Waals surface area contributed by atoms with Crippen LogP contribution in [0, 0.1) is 11.3 Å². The molecular weight excluding hydrogens is 285 g/mol. The maximum atomic E-state index is 12.7. The summed E-state index contributed by atoms with van der Waals surface area (Å²) in [6.07, 6.45) is -0.677. The van der Waals surface area contributed by atoms with Crippen molar-refractivity contribution in [1.29, 1.82) is 0 Å². The van der Waals surface area contributed by atoms with Crippen molar-refractivity contribution in [2.45, 2.75) is 25.4 Å². The Hall–Kier alpha value is -1.79. The molecule has 1 aliphatic carbocycles. The highest BCUT2D eigenvalue weighted by atomic mass is 19.4. The number of carbonyl (C=O) groups is 1. The van der Waals surface area contributed by atoms with E-state index in [0.29, 0.717) is 6.54 Å². The number of nitrogens with zero attached hydrogens (tertiary/aromatic N) is 2. The number of rotatable bonds is 2. The summed E-state index contributed by atoms with van der Waals surface area (Å²) in [7, 11) is 0. The van der Waals surface area contributed by atoms with Gasteiger partial charge in [-0.1, -0.05) is 6.42 Å². The molecule has 0 aromatic carbocycles. The highest BCUT2D eigenvalue weighted by molar-refractivity contribution is 5.73. The van der Waals surface area contributed by atoms with Gasteiger partial charge in [-0.15, -0.1) is 0 Å². The summed E-state index contributed by atoms with van der Waals surface area (Å²) in [5.41, 5.74) is -1.05. The minimum atomic E-state index is -4.42. The number of pyridine rings is 1. The van der Waals surface area contributed by atoms with Gasteiger partial charge in [0.15, 0.2) is 0 Å². The SMILES string of the molecule is O=C(O)C1CN(c2cc(C(F)(F)F)ccn2)CC12CCC2. The molecule has 1 aromatic rings. The van der Waals surface area contributed by atoms with Gasteiger partial charge in [-0.3, -0.25) is 4.79 Å². The van der Waals surface area contributed by atoms with Gasteiger partial charge in [0.2, 0.25) is 0 Å². The summed E-state index contributed by atoms with van der Waals surface area (Å²) in [6, 6.07) is 1.92. The van der Waals surface area contributed by atoms with Gasteiger partial charge in [-0.2, -0.15) is 13.2 Å². The Kier molecular flexibility index (Phi) is 3.11. The summed E-state index contributed by atoms with van der Waals surface area (Å²) >= 11 is 0. The molecule has 2 aliphatic rings. The zero-order valence-electron chi connectivity index (χ0n) is 11.2. The Morgan fingerprint density at radius 1 is 1.43 bits per heavy atom. The van der Waals surface area contributed by atoms with Crippen molar-refractivity contribution >= 4 is 11.8 Å². The van der Waals surface area contributed by atoms with Crippen LogP contribution in [0.15, 0.2) is 18.3 Å². The third-order valence-electron chi connectivity index (χ3n) is 4.69. The molecule has 7 heteroatoms. The number of aromatic nitrogens is 1. The van der Waals surface area contributed by atoms with E-state index in [9.17, 15) is 23.1 Å². The quantitative estimate of drug-likeness (QED) is 0.912. The van der Waals surface area contributed by atoms with Gasteiger partial charge in [-0.25, -0.2) is 4.98 Å². The second kappa shape index (κ2) is 4.61. The number of halogens is 3. The molecule has 1 saturated heterocycles. The summed E-state index contributed by atoms with van der Waals surface area (Å²) < 4.78 is 38.2. The third kappa shape index (κ3) is 2.34. The number of anilines is 1. The molecule has 0 amide bonds. The molecule has 1 atom stereocenters. The van der Waals surface area contributed by atoms with E-state index in [1.807, 2.05) is 0 Å². The van der Waals surface area contributed by atoms with E-state index in [4.69, 9.17) is 0 Å². The molecule has 0 bridgehead atoms. The minimum absolute atomic E-state index is 0.208. The lowest BCUT2D eigenvalue weighted by molar-refractivity contribution is -0.146. The average molecular weight is 300 g/mol. The molecule has 1 aromatic heterocycles. The van der Waals surface area contributed by atoms with Gasteiger partial charge in [0.1, 0.15) is 5.82 Å². The maximum Gasteiger partial charge on any atom is 0.416 e. The number of alkyl halides is 3. The lowest BCUT2D eigenvalue weighted by Crippen LogP contribution is -2.40. The number of hydrogen-bond donors (Lipinski definition) is 1. The Balaban J connectivity index is 1.87. The van der Waals surface area contributed by atoms with Crippen LogP contribution in [0.25, 0.3) is 0 Å². The Morgan fingerprint density at radius 3 is 2.62 bits per heavy atom. The number of carboxylic acids is 1. The maximum absolute atomic E-state index is 12.7. The Bertz CT molecular complexity index is 570. The van der Waals surface area contributed by atoms with E-state index >= 15 is 0 Å². The first-order chi connectivity index (χ1) is 9.82. The first-order valence-corrected chi connectivity index (χ1v) is 6.83. The largest absolute Gasteiger partial charge is 0.481 e. The molecular formula is C14H15F3N2O2. The first kappa shape index (κ1) is 14.2. The van der Waals surface area contributed by atoms with Crippen LogP contribution in [0.2, 0.25) is 0 Å². The van der Waals surface area contributed by atoms with E-state index in [0.717, 1.165) is 37.6 Å². The highest BCUT2D eigenvalue weighted by Crippen LogP contribution is 2.52. The molecule has 2 fully saturated rings. The molecule has 1 unspecified atom stereocenters. The van der Waals surface area contributed by atoms with Crippen molar-refractivity contribution in [3.05, 3.63) is 23.9 Å². The van der Waals surface area contributed by atoms with Gasteiger partial charge in [0.05, 0.1) is 11.5 Å². The van der Waals surface area contributed by atoms with E-state index in [-0.39, 0.29) is 17.8 Å². The number of hydrogen-bond acceptors (Lipinski definition) is 3. The van der Waals surface area contributed by atoms with Gasteiger partial charge in [0.25, 0.3) is 0 Å². The van der Waals surface area contributed by atoms with Crippen LogP contribution < -0.4 is 4.90 Å². The topological polar surface area (TPSA) is 53.4 Å². The third-order valence-corrected chi connectivity index (χ3v) is 4.69. The molecule has 21 heavy (non-hydrogen) atoms. The van der Waals surface area contributed by atoms with Gasteiger partial charge in [0, 0.05) is 24.7 Å². The van der Waals surface area contributed by atoms with Gasteiger partial charge >= 0.3 is 12.1 Å². The van der Waals surface area contributed by atoms with E-state index in [1.54, 1.807) is 4.90 Å². The molecule has 1 spiro atoms. The van der Waals surface area contributed by atoms with Crippen LogP contribution in [0.1, 0.15) is 24.8 Å². The lowest BCUT2D eigenvalue weighted by Gasteiger charge is -2.41. The predicted octanol–water partition coefficient (Wildman–Crippen LogP) is 2.79. The van der Waals surface area contributed by atoms with Crippen molar-refractivity contribution in [3.63, 3.8) is 0 Å². The van der Waals surface area contributed by atoms with Crippen molar-refractivity contribution in [2.75, 3.05) is 18.0 Å². The van der Waals surface area contributed by atoms with Crippen LogP contribution in [0.3, 0.4) is 0 Å². The van der Waals surface area contributed by atoms with Crippen LogP contribution in [0.5, 0.6) is 0 Å². The molecule has 3 rings (SSSR count). The highest BCUT2D eigenvalue weighted by Gasteiger charge is 2.53. The van der Waals surface area contributed by atoms with Crippen molar-refractivity contribution in [2.24, 2.45) is 11.3 Å². The summed E-state index contributed by atoms with van der Waals surface area (Å²) in [4.78, 5) is 17.0. The first-order valence-electron chi connectivity index (χ1n) is 6.83. The fourth-order valence-electron chi connectivity index (χ4n) is 3.39. The second-order valence-corrected chi connectivity index (χ2v) is 5.89. The van der Waals surface area contributed by atoms with Crippen LogP contribution in [-0.2, 0) is 11.0 Å². The zero-order valence-corrected chi connectivity index (χ0v) is 11.2. The second-order valence-electron chi connectivity index (χ2n) is 5.89. The minimum Gasteiger partial charge on any atom is -0.481 e. The summed E-state index contributed by atoms with van der Waals surface area (Å²) in [5, 5.41) is 9.34. The van der Waals surface area contributed by atoms with Crippen molar-refractivity contribution in [3.8, 4) is 0 Å². The molecule has 114 valence electrons. The van der Waals surface area contributed by atoms with Crippen molar-refractivity contribution < 1.29 is 23.1 Å². The summed E-state index contributed by atoms with van der Waals surface area (Å²) in [5.74, 6) is -1.19. The summed E-state index contributed by atoms with van der Waals surface area (Å²) in [6.45, 7) is 0.696. The molecule has 0 radical (unpaired) electrons. The number of aliphatic carboxylic acids is 1. The smallest absolute Gasteiger partial charge is 0.416 e. The van der Waals surface area contributed by atoms with Gasteiger partial charge < -0.3 is 10.0 Å². The van der Waals surface area contributed by atoms with Crippen LogP contribution in [0.4, 0.5) is 19.0 Å². The Labute approximate surface area is 119 Å². The average Bonchev–Trinajstić information content (AvgIpc) is 2.78. The lowest BCUT2D eigenvalue weighted by atomic mass is 9.63. The van der Waals surface area contributed by atoms with Gasteiger partial charge in [-0.05, 0) is 25.0 Å². The molecule has 1 aliphatic heterocycles. The van der Waals surface area contributed by atoms with E-state index in [1.165, 1.54) is 0 Å². The van der Waals surface area contributed by atoms with E-state index < -0.39 is 23.6 Å². The fourth-order valence-corrected chi connectivity index (χ4v) is 3.39. The zero-order chi connectivity index (χ0) is 15.3. The fraction of sp³-hybridized carbons (Fsp3) is 0.571. The molecule has 2 heterocycles. The number of carboxylic acid groups (broad SMARTS) is 1. The predicted molar refractivity (Wildman–Crippen MR) is 68.9 cm³/mol.